The zero-order valence-electron chi connectivity index (χ0n) is 10.1. The van der Waals surface area contributed by atoms with Crippen molar-refractivity contribution in [1.29, 1.82) is 0 Å². The molecule has 0 radical (unpaired) electrons. The van der Waals surface area contributed by atoms with Gasteiger partial charge in [0.15, 0.2) is 0 Å². The molecule has 0 saturated heterocycles. The maximum atomic E-state index is 11.6. The summed E-state index contributed by atoms with van der Waals surface area (Å²) in [6, 6.07) is 0.0357. The van der Waals surface area contributed by atoms with Crippen LogP contribution in [0.15, 0.2) is 0 Å². The van der Waals surface area contributed by atoms with E-state index in [1.807, 2.05) is 25.8 Å². The molecule has 0 bridgehead atoms. The number of carbonyl (C=O) groups is 1. The Bertz CT molecular complexity index is 188. The SMILES string of the molecule is COCCNC(=O)C(C)N(C)C(C)CN. The first-order chi connectivity index (χ1) is 7.04. The van der Waals surface area contributed by atoms with Crippen molar-refractivity contribution in [2.45, 2.75) is 25.9 Å². The Morgan fingerprint density at radius 1 is 1.53 bits per heavy atom. The molecule has 5 heteroatoms. The number of amides is 1. The molecule has 2 unspecified atom stereocenters. The number of nitrogens with two attached hydrogens (primary N) is 1. The number of methoxy groups -OCH3 is 1. The maximum Gasteiger partial charge on any atom is 0.237 e. The molecular weight excluding hydrogens is 194 g/mol. The molecule has 0 aromatic rings. The van der Waals surface area contributed by atoms with Crippen molar-refractivity contribution < 1.29 is 9.53 Å². The fourth-order valence-electron chi connectivity index (χ4n) is 1.16. The monoisotopic (exact) mass is 217 g/mol. The largest absolute Gasteiger partial charge is 0.383 e. The third-order valence-electron chi connectivity index (χ3n) is 2.63. The molecule has 0 heterocycles. The third-order valence-corrected chi connectivity index (χ3v) is 2.63. The fraction of sp³-hybridized carbons (Fsp3) is 0.900. The van der Waals surface area contributed by atoms with E-state index in [0.29, 0.717) is 19.7 Å². The number of nitrogens with zero attached hydrogens (tertiary/aromatic N) is 1. The fourth-order valence-corrected chi connectivity index (χ4v) is 1.16. The van der Waals surface area contributed by atoms with Crippen molar-refractivity contribution in [2.24, 2.45) is 5.73 Å². The predicted molar refractivity (Wildman–Crippen MR) is 60.6 cm³/mol. The summed E-state index contributed by atoms with van der Waals surface area (Å²) >= 11 is 0. The Kier molecular flexibility index (Phi) is 7.29. The molecule has 0 spiro atoms. The Morgan fingerprint density at radius 3 is 2.60 bits per heavy atom. The molecule has 3 N–H and O–H groups in total. The van der Waals surface area contributed by atoms with Gasteiger partial charge >= 0.3 is 0 Å². The van der Waals surface area contributed by atoms with E-state index in [2.05, 4.69) is 5.32 Å². The molecule has 0 aliphatic heterocycles. The first-order valence-corrected chi connectivity index (χ1v) is 5.23. The molecule has 90 valence electrons. The van der Waals surface area contributed by atoms with Crippen LogP contribution in [0.4, 0.5) is 0 Å². The topological polar surface area (TPSA) is 67.6 Å². The van der Waals surface area contributed by atoms with Crippen LogP contribution in [0.2, 0.25) is 0 Å². The summed E-state index contributed by atoms with van der Waals surface area (Å²) in [5.74, 6) is 0.00912. The lowest BCUT2D eigenvalue weighted by Gasteiger charge is -2.28. The van der Waals surface area contributed by atoms with Crippen molar-refractivity contribution in [3.05, 3.63) is 0 Å². The van der Waals surface area contributed by atoms with Gasteiger partial charge in [-0.1, -0.05) is 0 Å². The minimum atomic E-state index is -0.166. The van der Waals surface area contributed by atoms with Crippen molar-refractivity contribution >= 4 is 5.91 Å². The highest BCUT2D eigenvalue weighted by molar-refractivity contribution is 5.81. The number of ether oxygens (including phenoxy) is 1. The van der Waals surface area contributed by atoms with Gasteiger partial charge in [-0.3, -0.25) is 9.69 Å². The Labute approximate surface area is 91.9 Å². The number of likely N-dealkylation sites (N-methyl/N-ethyl adjacent to an activating group) is 1. The number of hydrogen-bond donors (Lipinski definition) is 2. The van der Waals surface area contributed by atoms with Crippen LogP contribution in [0.3, 0.4) is 0 Å². The van der Waals surface area contributed by atoms with Crippen LogP contribution in [0, 0.1) is 0 Å². The molecule has 0 saturated carbocycles. The van der Waals surface area contributed by atoms with Gasteiger partial charge in [0.2, 0.25) is 5.91 Å². The zero-order chi connectivity index (χ0) is 11.8. The van der Waals surface area contributed by atoms with E-state index >= 15 is 0 Å². The van der Waals surface area contributed by atoms with Crippen LogP contribution in [0.5, 0.6) is 0 Å². The third kappa shape index (κ3) is 5.11. The highest BCUT2D eigenvalue weighted by Crippen LogP contribution is 2.00. The van der Waals surface area contributed by atoms with E-state index in [0.717, 1.165) is 0 Å². The normalized spacial score (nSPS) is 15.1. The molecule has 0 rings (SSSR count). The molecule has 0 fully saturated rings. The van der Waals surface area contributed by atoms with E-state index in [1.165, 1.54) is 0 Å². The van der Waals surface area contributed by atoms with Gasteiger partial charge in [0.25, 0.3) is 0 Å². The summed E-state index contributed by atoms with van der Waals surface area (Å²) in [5.41, 5.74) is 5.54. The molecular formula is C10H23N3O2. The number of nitrogens with one attached hydrogen (secondary N) is 1. The van der Waals surface area contributed by atoms with Crippen molar-refractivity contribution in [3.63, 3.8) is 0 Å². The minimum Gasteiger partial charge on any atom is -0.383 e. The molecule has 0 aliphatic rings. The van der Waals surface area contributed by atoms with Gasteiger partial charge < -0.3 is 15.8 Å². The first-order valence-electron chi connectivity index (χ1n) is 5.23. The second kappa shape index (κ2) is 7.62. The minimum absolute atomic E-state index is 0.00912. The van der Waals surface area contributed by atoms with Crippen LogP contribution in [0.25, 0.3) is 0 Å². The summed E-state index contributed by atoms with van der Waals surface area (Å²) in [5, 5.41) is 2.80. The Morgan fingerprint density at radius 2 is 2.13 bits per heavy atom. The van der Waals surface area contributed by atoms with Gasteiger partial charge in [-0.15, -0.1) is 0 Å². The van der Waals surface area contributed by atoms with Gasteiger partial charge in [0.1, 0.15) is 0 Å². The van der Waals surface area contributed by atoms with Gasteiger partial charge in [0, 0.05) is 26.2 Å². The summed E-state index contributed by atoms with van der Waals surface area (Å²) < 4.78 is 4.85. The molecule has 0 aromatic heterocycles. The lowest BCUT2D eigenvalue weighted by molar-refractivity contribution is -0.126. The number of hydrogen-bond acceptors (Lipinski definition) is 4. The van der Waals surface area contributed by atoms with Crippen LogP contribution in [-0.4, -0.2) is 56.7 Å². The van der Waals surface area contributed by atoms with Crippen LogP contribution < -0.4 is 11.1 Å². The van der Waals surface area contributed by atoms with E-state index < -0.39 is 0 Å². The zero-order valence-corrected chi connectivity index (χ0v) is 10.1. The standard InChI is InChI=1S/C10H23N3O2/c1-8(7-11)13(3)9(2)10(14)12-5-6-15-4/h8-9H,5-7,11H2,1-4H3,(H,12,14). The van der Waals surface area contributed by atoms with Crippen LogP contribution in [0.1, 0.15) is 13.8 Å². The Balaban J connectivity index is 3.96. The van der Waals surface area contributed by atoms with Gasteiger partial charge in [0.05, 0.1) is 12.6 Å². The molecule has 1 amide bonds. The highest BCUT2D eigenvalue weighted by atomic mass is 16.5. The van der Waals surface area contributed by atoms with Gasteiger partial charge in [-0.25, -0.2) is 0 Å². The summed E-state index contributed by atoms with van der Waals surface area (Å²) in [6.45, 7) is 5.50. The lowest BCUT2D eigenvalue weighted by Crippen LogP contribution is -2.49. The van der Waals surface area contributed by atoms with E-state index in [4.69, 9.17) is 10.5 Å². The van der Waals surface area contributed by atoms with E-state index in [1.54, 1.807) is 7.11 Å². The lowest BCUT2D eigenvalue weighted by atomic mass is 10.2. The van der Waals surface area contributed by atoms with Crippen LogP contribution in [-0.2, 0) is 9.53 Å². The summed E-state index contributed by atoms with van der Waals surface area (Å²) in [6.07, 6.45) is 0. The van der Waals surface area contributed by atoms with Gasteiger partial charge in [-0.2, -0.15) is 0 Å². The molecule has 2 atom stereocenters. The van der Waals surface area contributed by atoms with Crippen molar-refractivity contribution in [2.75, 3.05) is 33.9 Å². The van der Waals surface area contributed by atoms with E-state index in [-0.39, 0.29) is 18.0 Å². The second-order valence-electron chi connectivity index (χ2n) is 3.71. The average Bonchev–Trinajstić information content (AvgIpc) is 2.26. The van der Waals surface area contributed by atoms with Gasteiger partial charge in [-0.05, 0) is 20.9 Å². The van der Waals surface area contributed by atoms with E-state index in [9.17, 15) is 4.79 Å². The Hall–Kier alpha value is -0.650. The summed E-state index contributed by atoms with van der Waals surface area (Å²) in [4.78, 5) is 13.6. The number of carbonyl (C=O) groups excluding carboxylic acids is 1. The highest BCUT2D eigenvalue weighted by Gasteiger charge is 2.20. The predicted octanol–water partition coefficient (Wildman–Crippen LogP) is -0.583. The molecule has 0 aliphatic carbocycles. The summed E-state index contributed by atoms with van der Waals surface area (Å²) in [7, 11) is 3.51. The molecule has 5 nitrogen and oxygen atoms in total. The average molecular weight is 217 g/mol. The number of rotatable bonds is 7. The maximum absolute atomic E-state index is 11.6. The smallest absolute Gasteiger partial charge is 0.237 e. The quantitative estimate of drug-likeness (QED) is 0.560. The molecule has 0 aromatic carbocycles. The first kappa shape index (κ1) is 14.3. The molecule has 15 heavy (non-hydrogen) atoms. The van der Waals surface area contributed by atoms with Crippen LogP contribution >= 0.6 is 0 Å². The van der Waals surface area contributed by atoms with Crippen molar-refractivity contribution in [3.8, 4) is 0 Å². The van der Waals surface area contributed by atoms with Crippen molar-refractivity contribution in [1.82, 2.24) is 10.2 Å². The second-order valence-corrected chi connectivity index (χ2v) is 3.71.